The van der Waals surface area contributed by atoms with Gasteiger partial charge in [0.05, 0.1) is 11.1 Å². The lowest BCUT2D eigenvalue weighted by atomic mass is 9.81. The monoisotopic (exact) mass is 263 g/mol. The van der Waals surface area contributed by atoms with E-state index in [-0.39, 0.29) is 23.7 Å². The van der Waals surface area contributed by atoms with E-state index < -0.39 is 11.2 Å². The van der Waals surface area contributed by atoms with Crippen LogP contribution in [0.2, 0.25) is 0 Å². The van der Waals surface area contributed by atoms with Crippen molar-refractivity contribution in [2.24, 2.45) is 11.1 Å². The van der Waals surface area contributed by atoms with Gasteiger partial charge in [0.2, 0.25) is 5.91 Å². The second kappa shape index (κ2) is 6.30. The van der Waals surface area contributed by atoms with Gasteiger partial charge in [-0.1, -0.05) is 19.9 Å². The molecule has 1 rings (SSSR count). The number of rotatable bonds is 5. The van der Waals surface area contributed by atoms with Crippen LogP contribution in [0.25, 0.3) is 0 Å². The largest absolute Gasteiger partial charge is 0.329 e. The quantitative estimate of drug-likeness (QED) is 0.856. The van der Waals surface area contributed by atoms with Crippen molar-refractivity contribution in [3.8, 4) is 6.07 Å². The summed E-state index contributed by atoms with van der Waals surface area (Å²) in [6.45, 7) is 3.97. The molecule has 3 N–H and O–H groups in total. The second-order valence-corrected chi connectivity index (χ2v) is 4.42. The molecule has 1 aromatic carbocycles. The normalized spacial score (nSPS) is 10.9. The molecule has 0 aromatic heterocycles. The maximum Gasteiger partial charge on any atom is 0.231 e. The Morgan fingerprint density at radius 2 is 2.11 bits per heavy atom. The maximum absolute atomic E-state index is 13.4. The van der Waals surface area contributed by atoms with Crippen LogP contribution in [-0.2, 0) is 4.79 Å². The molecule has 4 nitrogen and oxygen atoms in total. The average Bonchev–Trinajstić information content (AvgIpc) is 2.41. The number of hydrogen-bond donors (Lipinski definition) is 2. The standard InChI is InChI=1S/C14H18FN3O/c1-3-14(4-2,9-17)13(19)18-12-7-5-6-11(15)10(12)8-16/h5-7H,3-4,9,17H2,1-2H3,(H,18,19). The maximum atomic E-state index is 13.4. The van der Waals surface area contributed by atoms with Crippen LogP contribution >= 0.6 is 0 Å². The van der Waals surface area contributed by atoms with Crippen LogP contribution < -0.4 is 11.1 Å². The van der Waals surface area contributed by atoms with Crippen molar-refractivity contribution in [2.75, 3.05) is 11.9 Å². The summed E-state index contributed by atoms with van der Waals surface area (Å²) in [4.78, 5) is 12.3. The second-order valence-electron chi connectivity index (χ2n) is 4.42. The van der Waals surface area contributed by atoms with E-state index in [0.717, 1.165) is 0 Å². The summed E-state index contributed by atoms with van der Waals surface area (Å²) in [6, 6.07) is 5.90. The minimum atomic E-state index is -0.682. The van der Waals surface area contributed by atoms with E-state index in [9.17, 15) is 9.18 Å². The Bertz CT molecular complexity index is 496. The fourth-order valence-corrected chi connectivity index (χ4v) is 1.95. The van der Waals surface area contributed by atoms with E-state index in [2.05, 4.69) is 5.32 Å². The van der Waals surface area contributed by atoms with Gasteiger partial charge in [0.15, 0.2) is 0 Å². The average molecular weight is 263 g/mol. The highest BCUT2D eigenvalue weighted by atomic mass is 19.1. The summed E-state index contributed by atoms with van der Waals surface area (Å²) in [7, 11) is 0. The predicted octanol–water partition coefficient (Wildman–Crippen LogP) is 2.40. The van der Waals surface area contributed by atoms with Gasteiger partial charge in [-0.2, -0.15) is 5.26 Å². The van der Waals surface area contributed by atoms with Crippen LogP contribution in [0, 0.1) is 22.6 Å². The Hall–Kier alpha value is -1.93. The van der Waals surface area contributed by atoms with E-state index in [1.165, 1.54) is 18.2 Å². The topological polar surface area (TPSA) is 78.9 Å². The number of amides is 1. The Balaban J connectivity index is 3.07. The number of nitrogens with zero attached hydrogens (tertiary/aromatic N) is 1. The zero-order valence-corrected chi connectivity index (χ0v) is 11.2. The highest BCUT2D eigenvalue weighted by Gasteiger charge is 2.33. The first-order chi connectivity index (χ1) is 9.04. The third-order valence-electron chi connectivity index (χ3n) is 3.60. The number of nitrogens with one attached hydrogen (secondary N) is 1. The molecule has 0 aliphatic rings. The summed E-state index contributed by atoms with van der Waals surface area (Å²) < 4.78 is 13.4. The van der Waals surface area contributed by atoms with E-state index in [0.29, 0.717) is 12.8 Å². The Kier molecular flexibility index (Phi) is 5.02. The van der Waals surface area contributed by atoms with Crippen LogP contribution in [0.4, 0.5) is 10.1 Å². The lowest BCUT2D eigenvalue weighted by Gasteiger charge is -2.28. The van der Waals surface area contributed by atoms with Gasteiger partial charge in [0.25, 0.3) is 0 Å². The minimum Gasteiger partial charge on any atom is -0.329 e. The smallest absolute Gasteiger partial charge is 0.231 e. The van der Waals surface area contributed by atoms with E-state index in [1.807, 2.05) is 13.8 Å². The molecule has 5 heteroatoms. The zero-order chi connectivity index (χ0) is 14.5. The highest BCUT2D eigenvalue weighted by molar-refractivity contribution is 5.96. The third kappa shape index (κ3) is 2.91. The van der Waals surface area contributed by atoms with Crippen molar-refractivity contribution < 1.29 is 9.18 Å². The highest BCUT2D eigenvalue weighted by Crippen LogP contribution is 2.28. The molecule has 0 aliphatic carbocycles. The molecule has 0 radical (unpaired) electrons. The Morgan fingerprint density at radius 1 is 1.47 bits per heavy atom. The van der Waals surface area contributed by atoms with Crippen molar-refractivity contribution in [3.05, 3.63) is 29.6 Å². The molecule has 0 aliphatic heterocycles. The van der Waals surface area contributed by atoms with Gasteiger partial charge in [0, 0.05) is 6.54 Å². The number of hydrogen-bond acceptors (Lipinski definition) is 3. The third-order valence-corrected chi connectivity index (χ3v) is 3.60. The van der Waals surface area contributed by atoms with Crippen molar-refractivity contribution >= 4 is 11.6 Å². The molecular formula is C14H18FN3O. The molecule has 102 valence electrons. The zero-order valence-electron chi connectivity index (χ0n) is 11.2. The number of nitriles is 1. The first kappa shape index (κ1) is 15.1. The SMILES string of the molecule is CCC(CC)(CN)C(=O)Nc1cccc(F)c1C#N. The van der Waals surface area contributed by atoms with E-state index in [1.54, 1.807) is 6.07 Å². The van der Waals surface area contributed by atoms with Crippen LogP contribution in [0.1, 0.15) is 32.3 Å². The molecule has 1 aromatic rings. The lowest BCUT2D eigenvalue weighted by Crippen LogP contribution is -2.41. The minimum absolute atomic E-state index is 0.158. The molecule has 0 saturated carbocycles. The first-order valence-corrected chi connectivity index (χ1v) is 6.24. The van der Waals surface area contributed by atoms with Crippen molar-refractivity contribution in [1.29, 1.82) is 5.26 Å². The van der Waals surface area contributed by atoms with Crippen molar-refractivity contribution in [3.63, 3.8) is 0 Å². The van der Waals surface area contributed by atoms with E-state index in [4.69, 9.17) is 11.0 Å². The van der Waals surface area contributed by atoms with Gasteiger partial charge in [0.1, 0.15) is 17.4 Å². The molecule has 0 bridgehead atoms. The molecule has 0 spiro atoms. The molecule has 1 amide bonds. The van der Waals surface area contributed by atoms with Crippen LogP contribution in [0.3, 0.4) is 0 Å². The van der Waals surface area contributed by atoms with E-state index >= 15 is 0 Å². The van der Waals surface area contributed by atoms with Gasteiger partial charge in [-0.25, -0.2) is 4.39 Å². The molecule has 0 saturated heterocycles. The number of halogens is 1. The number of benzene rings is 1. The van der Waals surface area contributed by atoms with Crippen LogP contribution in [0.15, 0.2) is 18.2 Å². The van der Waals surface area contributed by atoms with Gasteiger partial charge < -0.3 is 11.1 Å². The summed E-state index contributed by atoms with van der Waals surface area (Å²) in [5.74, 6) is -0.922. The molecular weight excluding hydrogens is 245 g/mol. The lowest BCUT2D eigenvalue weighted by molar-refractivity contribution is -0.125. The van der Waals surface area contributed by atoms with Gasteiger partial charge >= 0.3 is 0 Å². The fraction of sp³-hybridized carbons (Fsp3) is 0.429. The van der Waals surface area contributed by atoms with Gasteiger partial charge in [-0.15, -0.1) is 0 Å². The summed E-state index contributed by atoms with van der Waals surface area (Å²) in [5, 5.41) is 11.5. The Labute approximate surface area is 112 Å². The van der Waals surface area contributed by atoms with Crippen LogP contribution in [-0.4, -0.2) is 12.5 Å². The summed E-state index contributed by atoms with van der Waals surface area (Å²) in [6.07, 6.45) is 1.17. The number of anilines is 1. The number of nitrogens with two attached hydrogens (primary N) is 1. The first-order valence-electron chi connectivity index (χ1n) is 6.24. The Morgan fingerprint density at radius 3 is 2.58 bits per heavy atom. The van der Waals surface area contributed by atoms with Gasteiger partial charge in [-0.3, -0.25) is 4.79 Å². The number of carbonyl (C=O) groups excluding carboxylic acids is 1. The predicted molar refractivity (Wildman–Crippen MR) is 71.8 cm³/mol. The van der Waals surface area contributed by atoms with Crippen molar-refractivity contribution in [2.45, 2.75) is 26.7 Å². The van der Waals surface area contributed by atoms with Crippen molar-refractivity contribution in [1.82, 2.24) is 0 Å². The number of carbonyl (C=O) groups is 1. The molecule has 0 heterocycles. The molecule has 0 atom stereocenters. The van der Waals surface area contributed by atoms with Crippen LogP contribution in [0.5, 0.6) is 0 Å². The molecule has 19 heavy (non-hydrogen) atoms. The van der Waals surface area contributed by atoms with Gasteiger partial charge in [-0.05, 0) is 25.0 Å². The summed E-state index contributed by atoms with van der Waals surface area (Å²) >= 11 is 0. The summed E-state index contributed by atoms with van der Waals surface area (Å²) in [5.41, 5.74) is 5.03. The molecule has 0 fully saturated rings. The molecule has 0 unspecified atom stereocenters. The fourth-order valence-electron chi connectivity index (χ4n) is 1.95.